The van der Waals surface area contributed by atoms with Crippen molar-refractivity contribution in [3.05, 3.63) is 94.8 Å². The summed E-state index contributed by atoms with van der Waals surface area (Å²) in [6, 6.07) is 16.7. The van der Waals surface area contributed by atoms with Crippen LogP contribution in [-0.4, -0.2) is 31.1 Å². The fourth-order valence-corrected chi connectivity index (χ4v) is 4.92. The zero-order valence-electron chi connectivity index (χ0n) is 21.7. The second kappa shape index (κ2) is 11.6. The quantitative estimate of drug-likeness (QED) is 0.252. The zero-order valence-corrected chi connectivity index (χ0v) is 21.7. The number of hydrogen-bond acceptors (Lipinski definition) is 4. The molecule has 8 heteroatoms. The molecule has 0 spiro atoms. The third-order valence-electron chi connectivity index (χ3n) is 7.29. The van der Waals surface area contributed by atoms with Crippen LogP contribution < -0.4 is 5.32 Å². The maximum Gasteiger partial charge on any atom is 0.416 e. The molecule has 4 rings (SSSR count). The molecular formula is C30H32F4N2O2. The molecule has 0 radical (unpaired) electrons. The highest BCUT2D eigenvalue weighted by atomic mass is 19.4. The van der Waals surface area contributed by atoms with E-state index in [1.807, 2.05) is 18.2 Å². The Kier molecular flexibility index (Phi) is 8.41. The molecular weight excluding hydrogens is 496 g/mol. The maximum atomic E-state index is 13.8. The monoisotopic (exact) mass is 528 g/mol. The van der Waals surface area contributed by atoms with Crippen LogP contribution in [0.1, 0.15) is 60.9 Å². The lowest BCUT2D eigenvalue weighted by Gasteiger charge is -2.38. The number of benzene rings is 3. The van der Waals surface area contributed by atoms with Crippen molar-refractivity contribution in [1.82, 2.24) is 4.90 Å². The molecule has 1 heterocycles. The van der Waals surface area contributed by atoms with Crippen molar-refractivity contribution >= 4 is 17.3 Å². The van der Waals surface area contributed by atoms with Crippen LogP contribution in [-0.2, 0) is 15.7 Å². The smallest absolute Gasteiger partial charge is 0.416 e. The molecule has 1 fully saturated rings. The minimum absolute atomic E-state index is 0.220. The van der Waals surface area contributed by atoms with Gasteiger partial charge in [-0.3, -0.25) is 9.69 Å². The van der Waals surface area contributed by atoms with E-state index in [9.17, 15) is 22.4 Å². The lowest BCUT2D eigenvalue weighted by molar-refractivity contribution is -0.142. The lowest BCUT2D eigenvalue weighted by atomic mass is 9.89. The van der Waals surface area contributed by atoms with E-state index in [-0.39, 0.29) is 11.9 Å². The first-order valence-electron chi connectivity index (χ1n) is 12.7. The van der Waals surface area contributed by atoms with Gasteiger partial charge in [-0.15, -0.1) is 0 Å². The predicted octanol–water partition coefficient (Wildman–Crippen LogP) is 7.69. The number of piperidine rings is 1. The molecule has 0 aromatic heterocycles. The van der Waals surface area contributed by atoms with Gasteiger partial charge in [0.15, 0.2) is 0 Å². The number of methoxy groups -OCH3 is 1. The number of carbonyl (C=O) groups is 1. The number of halogens is 4. The molecule has 1 aliphatic rings. The van der Waals surface area contributed by atoms with Crippen LogP contribution in [0.5, 0.6) is 0 Å². The van der Waals surface area contributed by atoms with Crippen molar-refractivity contribution in [2.45, 2.75) is 44.8 Å². The van der Waals surface area contributed by atoms with E-state index in [4.69, 9.17) is 4.74 Å². The van der Waals surface area contributed by atoms with Crippen molar-refractivity contribution in [1.29, 1.82) is 0 Å². The molecule has 0 bridgehead atoms. The van der Waals surface area contributed by atoms with Crippen molar-refractivity contribution in [3.8, 4) is 0 Å². The van der Waals surface area contributed by atoms with Crippen molar-refractivity contribution in [2.75, 3.05) is 25.5 Å². The summed E-state index contributed by atoms with van der Waals surface area (Å²) in [5.74, 6) is -0.654. The molecule has 2 unspecified atom stereocenters. The first kappa shape index (κ1) is 27.6. The van der Waals surface area contributed by atoms with Crippen molar-refractivity contribution in [3.63, 3.8) is 0 Å². The van der Waals surface area contributed by atoms with Gasteiger partial charge in [0.2, 0.25) is 0 Å². The van der Waals surface area contributed by atoms with E-state index in [0.717, 1.165) is 49.2 Å². The predicted molar refractivity (Wildman–Crippen MR) is 140 cm³/mol. The van der Waals surface area contributed by atoms with E-state index in [0.29, 0.717) is 22.9 Å². The van der Waals surface area contributed by atoms with Gasteiger partial charge >= 0.3 is 12.1 Å². The minimum atomic E-state index is -4.43. The third-order valence-corrected chi connectivity index (χ3v) is 7.29. The number of hydrogen-bond donors (Lipinski definition) is 1. The topological polar surface area (TPSA) is 41.6 Å². The normalized spacial score (nSPS) is 16.6. The Morgan fingerprint density at radius 3 is 2.16 bits per heavy atom. The van der Waals surface area contributed by atoms with Crippen LogP contribution in [0.25, 0.3) is 0 Å². The number of esters is 1. The standard InChI is InChI=1S/C30H32F4N2O2/c1-19-14-16-36(17-15-19)28(21-4-9-24(31)10-5-21)26-13-6-22(20(2)29(37)38-3)18-27(26)35-25-11-7-23(8-12-25)30(32,33)34/h4-13,18-20,28,35H,14-17H2,1-3H3. The summed E-state index contributed by atoms with van der Waals surface area (Å²) in [7, 11) is 1.33. The summed E-state index contributed by atoms with van der Waals surface area (Å²) in [6.45, 7) is 5.67. The molecule has 3 aromatic rings. The highest BCUT2D eigenvalue weighted by molar-refractivity contribution is 5.79. The number of anilines is 2. The van der Waals surface area contributed by atoms with Gasteiger partial charge in [-0.05, 0) is 97.9 Å². The average Bonchev–Trinajstić information content (AvgIpc) is 2.90. The number of nitrogens with zero attached hydrogens (tertiary/aromatic N) is 1. The number of carbonyl (C=O) groups excluding carboxylic acids is 1. The second-order valence-corrected chi connectivity index (χ2v) is 9.96. The molecule has 38 heavy (non-hydrogen) atoms. The third kappa shape index (κ3) is 6.35. The van der Waals surface area contributed by atoms with Crippen LogP contribution in [0.15, 0.2) is 66.7 Å². The number of likely N-dealkylation sites (tertiary alicyclic amines) is 1. The highest BCUT2D eigenvalue weighted by Crippen LogP contribution is 2.39. The van der Waals surface area contributed by atoms with E-state index in [2.05, 4.69) is 17.1 Å². The van der Waals surface area contributed by atoms with Crippen LogP contribution >= 0.6 is 0 Å². The van der Waals surface area contributed by atoms with Crippen molar-refractivity contribution < 1.29 is 27.1 Å². The Balaban J connectivity index is 1.80. The van der Waals surface area contributed by atoms with Crippen LogP contribution in [0.3, 0.4) is 0 Å². The van der Waals surface area contributed by atoms with Crippen LogP contribution in [0.2, 0.25) is 0 Å². The fraction of sp³-hybridized carbons (Fsp3) is 0.367. The fourth-order valence-electron chi connectivity index (χ4n) is 4.92. The molecule has 0 amide bonds. The first-order valence-corrected chi connectivity index (χ1v) is 12.7. The van der Waals surface area contributed by atoms with E-state index in [1.165, 1.54) is 31.4 Å². The van der Waals surface area contributed by atoms with E-state index in [1.54, 1.807) is 19.1 Å². The summed E-state index contributed by atoms with van der Waals surface area (Å²) in [4.78, 5) is 14.6. The Labute approximate surface area is 220 Å². The Morgan fingerprint density at radius 2 is 1.58 bits per heavy atom. The van der Waals surface area contributed by atoms with Gasteiger partial charge in [0.25, 0.3) is 0 Å². The van der Waals surface area contributed by atoms with Gasteiger partial charge in [-0.25, -0.2) is 4.39 Å². The summed E-state index contributed by atoms with van der Waals surface area (Å²) in [5.41, 5.74) is 2.90. The van der Waals surface area contributed by atoms with Gasteiger partial charge in [-0.1, -0.05) is 31.2 Å². The molecule has 0 aliphatic carbocycles. The molecule has 1 saturated heterocycles. The molecule has 1 aliphatic heterocycles. The van der Waals surface area contributed by atoms with Gasteiger partial charge in [0, 0.05) is 11.4 Å². The van der Waals surface area contributed by atoms with Gasteiger partial charge in [0.1, 0.15) is 5.82 Å². The summed E-state index contributed by atoms with van der Waals surface area (Å²) >= 11 is 0. The highest BCUT2D eigenvalue weighted by Gasteiger charge is 2.31. The molecule has 3 aromatic carbocycles. The first-order chi connectivity index (χ1) is 18.1. The van der Waals surface area contributed by atoms with Crippen LogP contribution in [0, 0.1) is 11.7 Å². The minimum Gasteiger partial charge on any atom is -0.469 e. The lowest BCUT2D eigenvalue weighted by Crippen LogP contribution is -2.37. The summed E-state index contributed by atoms with van der Waals surface area (Å²) < 4.78 is 58.1. The van der Waals surface area contributed by atoms with E-state index >= 15 is 0 Å². The number of rotatable bonds is 7. The summed E-state index contributed by atoms with van der Waals surface area (Å²) in [5, 5.41) is 3.29. The Morgan fingerprint density at radius 1 is 0.974 bits per heavy atom. The van der Waals surface area contributed by atoms with Gasteiger partial charge < -0.3 is 10.1 Å². The second-order valence-electron chi connectivity index (χ2n) is 9.96. The Bertz CT molecular complexity index is 1230. The molecule has 202 valence electrons. The number of nitrogens with one attached hydrogen (secondary N) is 1. The van der Waals surface area contributed by atoms with Crippen LogP contribution in [0.4, 0.5) is 28.9 Å². The molecule has 4 nitrogen and oxygen atoms in total. The summed E-state index contributed by atoms with van der Waals surface area (Å²) in [6.07, 6.45) is -2.38. The SMILES string of the molecule is COC(=O)C(C)c1ccc(C(c2ccc(F)cc2)N2CCC(C)CC2)c(Nc2ccc(C(F)(F)F)cc2)c1. The molecule has 1 N–H and O–H groups in total. The number of alkyl halides is 3. The molecule has 0 saturated carbocycles. The average molecular weight is 529 g/mol. The van der Waals surface area contributed by atoms with Gasteiger partial charge in [-0.2, -0.15) is 13.2 Å². The van der Waals surface area contributed by atoms with Gasteiger partial charge in [0.05, 0.1) is 24.6 Å². The van der Waals surface area contributed by atoms with E-state index < -0.39 is 23.6 Å². The Hall–Kier alpha value is -3.39. The zero-order chi connectivity index (χ0) is 27.4. The maximum absolute atomic E-state index is 13.8. The molecule has 2 atom stereocenters. The number of ether oxygens (including phenoxy) is 1. The van der Waals surface area contributed by atoms with Crippen molar-refractivity contribution in [2.24, 2.45) is 5.92 Å². The largest absolute Gasteiger partial charge is 0.469 e.